The second kappa shape index (κ2) is 7.77. The van der Waals surface area contributed by atoms with Crippen molar-refractivity contribution in [3.8, 4) is 0 Å². The number of nitrogens with zero attached hydrogens (tertiary/aromatic N) is 1. The molecule has 1 amide bonds. The van der Waals surface area contributed by atoms with E-state index in [1.54, 1.807) is 0 Å². The standard InChI is InChI=1S/C18H23N3O3S/c1-13-4-6-15(7-5-13)12-21(3)14(2)18(22)20-16-8-10-17(11-9-16)25(19,23)24/h4-11,14H,12H2,1-3H3,(H,20,22)(H2,19,23,24)/t14-/m0/s1. The van der Waals surface area contributed by atoms with Crippen LogP contribution >= 0.6 is 0 Å². The van der Waals surface area contributed by atoms with Gasteiger partial charge in [-0.2, -0.15) is 0 Å². The first-order valence-corrected chi connectivity index (χ1v) is 9.41. The van der Waals surface area contributed by atoms with E-state index in [1.807, 2.05) is 50.1 Å². The number of sulfonamides is 1. The van der Waals surface area contributed by atoms with E-state index in [2.05, 4.69) is 5.32 Å². The fourth-order valence-corrected chi connectivity index (χ4v) is 2.81. The molecule has 0 aliphatic carbocycles. The SMILES string of the molecule is Cc1ccc(CN(C)[C@@H](C)C(=O)Nc2ccc(S(N)(=O)=O)cc2)cc1. The molecule has 1 atom stereocenters. The highest BCUT2D eigenvalue weighted by Crippen LogP contribution is 2.14. The van der Waals surface area contributed by atoms with E-state index in [9.17, 15) is 13.2 Å². The number of carbonyl (C=O) groups is 1. The fourth-order valence-electron chi connectivity index (χ4n) is 2.29. The van der Waals surface area contributed by atoms with Crippen molar-refractivity contribution >= 4 is 21.6 Å². The number of hydrogen-bond donors (Lipinski definition) is 2. The number of rotatable bonds is 6. The van der Waals surface area contributed by atoms with E-state index in [0.29, 0.717) is 12.2 Å². The molecule has 0 aliphatic heterocycles. The van der Waals surface area contributed by atoms with Crippen LogP contribution in [0.25, 0.3) is 0 Å². The number of aryl methyl sites for hydroxylation is 1. The van der Waals surface area contributed by atoms with E-state index < -0.39 is 10.0 Å². The zero-order valence-electron chi connectivity index (χ0n) is 14.6. The van der Waals surface area contributed by atoms with Gasteiger partial charge in [0.25, 0.3) is 0 Å². The number of carbonyl (C=O) groups excluding carboxylic acids is 1. The number of hydrogen-bond acceptors (Lipinski definition) is 4. The van der Waals surface area contributed by atoms with Crippen molar-refractivity contribution in [2.45, 2.75) is 31.3 Å². The molecule has 0 radical (unpaired) electrons. The van der Waals surface area contributed by atoms with Gasteiger partial charge in [0.15, 0.2) is 0 Å². The van der Waals surface area contributed by atoms with Crippen molar-refractivity contribution in [1.29, 1.82) is 0 Å². The van der Waals surface area contributed by atoms with Crippen LogP contribution in [0.5, 0.6) is 0 Å². The third-order valence-corrected chi connectivity index (χ3v) is 4.97. The number of primary sulfonamides is 1. The maximum absolute atomic E-state index is 12.4. The number of anilines is 1. The van der Waals surface area contributed by atoms with E-state index in [-0.39, 0.29) is 16.8 Å². The molecule has 0 bridgehead atoms. The van der Waals surface area contributed by atoms with E-state index in [4.69, 9.17) is 5.14 Å². The van der Waals surface area contributed by atoms with Gasteiger partial charge in [-0.25, -0.2) is 13.6 Å². The Morgan fingerprint density at radius 2 is 1.68 bits per heavy atom. The van der Waals surface area contributed by atoms with Gasteiger partial charge in [0.1, 0.15) is 0 Å². The van der Waals surface area contributed by atoms with Gasteiger partial charge >= 0.3 is 0 Å². The molecule has 0 aliphatic rings. The second-order valence-electron chi connectivity index (χ2n) is 6.14. The zero-order valence-corrected chi connectivity index (χ0v) is 15.4. The van der Waals surface area contributed by atoms with Crippen molar-refractivity contribution < 1.29 is 13.2 Å². The Bertz CT molecular complexity index is 831. The fraction of sp³-hybridized carbons (Fsp3) is 0.278. The van der Waals surface area contributed by atoms with Gasteiger partial charge in [-0.05, 0) is 50.7 Å². The first-order chi connectivity index (χ1) is 11.7. The van der Waals surface area contributed by atoms with Crippen LogP contribution in [-0.4, -0.2) is 32.3 Å². The number of nitrogens with one attached hydrogen (secondary N) is 1. The summed E-state index contributed by atoms with van der Waals surface area (Å²) in [5.74, 6) is -0.169. The topological polar surface area (TPSA) is 92.5 Å². The number of benzene rings is 2. The lowest BCUT2D eigenvalue weighted by Crippen LogP contribution is -2.39. The van der Waals surface area contributed by atoms with Gasteiger partial charge in [0.05, 0.1) is 10.9 Å². The van der Waals surface area contributed by atoms with Gasteiger partial charge in [-0.1, -0.05) is 29.8 Å². The first-order valence-electron chi connectivity index (χ1n) is 7.86. The predicted molar refractivity (Wildman–Crippen MR) is 98.6 cm³/mol. The lowest BCUT2D eigenvalue weighted by molar-refractivity contribution is -0.120. The predicted octanol–water partition coefficient (Wildman–Crippen LogP) is 2.10. The summed E-state index contributed by atoms with van der Waals surface area (Å²) in [6.45, 7) is 4.51. The smallest absolute Gasteiger partial charge is 0.241 e. The van der Waals surface area contributed by atoms with E-state index >= 15 is 0 Å². The molecule has 3 N–H and O–H groups in total. The van der Waals surface area contributed by atoms with Crippen LogP contribution in [0.4, 0.5) is 5.69 Å². The van der Waals surface area contributed by atoms with E-state index in [1.165, 1.54) is 29.8 Å². The van der Waals surface area contributed by atoms with Crippen LogP contribution in [-0.2, 0) is 21.4 Å². The Morgan fingerprint density at radius 1 is 1.12 bits per heavy atom. The molecule has 0 saturated carbocycles. The lowest BCUT2D eigenvalue weighted by Gasteiger charge is -2.24. The molecule has 0 aromatic heterocycles. The third kappa shape index (κ3) is 5.38. The molecule has 0 fully saturated rings. The molecule has 134 valence electrons. The molecule has 2 rings (SSSR count). The summed E-state index contributed by atoms with van der Waals surface area (Å²) in [6, 6.07) is 13.6. The first kappa shape index (κ1) is 19.1. The Balaban J connectivity index is 1.98. The molecule has 7 heteroatoms. The van der Waals surface area contributed by atoms with Crippen LogP contribution in [0.1, 0.15) is 18.1 Å². The Morgan fingerprint density at radius 3 is 2.20 bits per heavy atom. The van der Waals surface area contributed by atoms with Gasteiger partial charge in [-0.15, -0.1) is 0 Å². The molecular weight excluding hydrogens is 338 g/mol. The average Bonchev–Trinajstić information content (AvgIpc) is 2.55. The van der Waals surface area contributed by atoms with Gasteiger partial charge < -0.3 is 5.32 Å². The summed E-state index contributed by atoms with van der Waals surface area (Å²) in [5, 5.41) is 7.84. The molecule has 2 aromatic rings. The highest BCUT2D eigenvalue weighted by molar-refractivity contribution is 7.89. The van der Waals surface area contributed by atoms with Crippen LogP contribution in [0, 0.1) is 6.92 Å². The molecule has 0 saturated heterocycles. The monoisotopic (exact) mass is 361 g/mol. The lowest BCUT2D eigenvalue weighted by atomic mass is 10.1. The highest BCUT2D eigenvalue weighted by atomic mass is 32.2. The summed E-state index contributed by atoms with van der Waals surface area (Å²) in [6.07, 6.45) is 0. The largest absolute Gasteiger partial charge is 0.325 e. The van der Waals surface area contributed by atoms with Crippen molar-refractivity contribution in [1.82, 2.24) is 4.90 Å². The number of likely N-dealkylation sites (N-methyl/N-ethyl adjacent to an activating group) is 1. The maximum Gasteiger partial charge on any atom is 0.241 e. The summed E-state index contributed by atoms with van der Waals surface area (Å²) >= 11 is 0. The zero-order chi connectivity index (χ0) is 18.6. The van der Waals surface area contributed by atoms with Crippen molar-refractivity contribution in [2.24, 2.45) is 5.14 Å². The normalized spacial score (nSPS) is 12.8. The summed E-state index contributed by atoms with van der Waals surface area (Å²) in [7, 11) is -1.85. The second-order valence-corrected chi connectivity index (χ2v) is 7.70. The van der Waals surface area contributed by atoms with Crippen LogP contribution in [0.15, 0.2) is 53.4 Å². The molecular formula is C18H23N3O3S. The summed E-state index contributed by atoms with van der Waals surface area (Å²) in [4.78, 5) is 14.3. The number of nitrogens with two attached hydrogens (primary N) is 1. The maximum atomic E-state index is 12.4. The summed E-state index contributed by atoms with van der Waals surface area (Å²) < 4.78 is 22.5. The minimum absolute atomic E-state index is 0.00929. The highest BCUT2D eigenvalue weighted by Gasteiger charge is 2.18. The number of amides is 1. The Hall–Kier alpha value is -2.22. The molecule has 0 heterocycles. The molecule has 0 unspecified atom stereocenters. The van der Waals surface area contributed by atoms with Crippen LogP contribution < -0.4 is 10.5 Å². The minimum atomic E-state index is -3.74. The van der Waals surface area contributed by atoms with E-state index in [0.717, 1.165) is 5.56 Å². The van der Waals surface area contributed by atoms with Crippen molar-refractivity contribution in [3.63, 3.8) is 0 Å². The molecule has 2 aromatic carbocycles. The van der Waals surface area contributed by atoms with Crippen LogP contribution in [0.3, 0.4) is 0 Å². The summed E-state index contributed by atoms with van der Waals surface area (Å²) in [5.41, 5.74) is 2.85. The minimum Gasteiger partial charge on any atom is -0.325 e. The Kier molecular flexibility index (Phi) is 5.94. The third-order valence-electron chi connectivity index (χ3n) is 4.04. The van der Waals surface area contributed by atoms with Crippen molar-refractivity contribution in [3.05, 3.63) is 59.7 Å². The molecule has 25 heavy (non-hydrogen) atoms. The quantitative estimate of drug-likeness (QED) is 0.824. The van der Waals surface area contributed by atoms with Crippen LogP contribution in [0.2, 0.25) is 0 Å². The van der Waals surface area contributed by atoms with Gasteiger partial charge in [-0.3, -0.25) is 9.69 Å². The van der Waals surface area contributed by atoms with Gasteiger partial charge in [0, 0.05) is 12.2 Å². The molecule has 0 spiro atoms. The van der Waals surface area contributed by atoms with Crippen molar-refractivity contribution in [2.75, 3.05) is 12.4 Å². The average molecular weight is 361 g/mol. The Labute approximate surface area is 148 Å². The van der Waals surface area contributed by atoms with Gasteiger partial charge in [0.2, 0.25) is 15.9 Å². The molecule has 6 nitrogen and oxygen atoms in total.